The summed E-state index contributed by atoms with van der Waals surface area (Å²) in [5, 5.41) is 36.7. The quantitative estimate of drug-likeness (QED) is 0.0127. The second-order valence-corrected chi connectivity index (χ2v) is 26.0. The molecule has 0 spiro atoms. The van der Waals surface area contributed by atoms with Gasteiger partial charge in [0.2, 0.25) is 17.7 Å². The van der Waals surface area contributed by atoms with E-state index in [-0.39, 0.29) is 77.8 Å². The summed E-state index contributed by atoms with van der Waals surface area (Å²) in [6, 6.07) is 11.9. The Hall–Kier alpha value is -9.02. The highest BCUT2D eigenvalue weighted by atomic mass is 35.5. The van der Waals surface area contributed by atoms with Crippen molar-refractivity contribution in [1.29, 1.82) is 10.5 Å². The topological polar surface area (TPSA) is 386 Å². The number of nitrogens with one attached hydrogen (secondary N) is 6. The third-order valence-electron chi connectivity index (χ3n) is 11.8. The fourth-order valence-electron chi connectivity index (χ4n) is 7.83. The molecule has 0 radical (unpaired) electrons. The number of halogens is 1. The van der Waals surface area contributed by atoms with E-state index in [0.29, 0.717) is 27.7 Å². The molecule has 91 heavy (non-hydrogen) atoms. The fourth-order valence-corrected chi connectivity index (χ4v) is 8.82. The van der Waals surface area contributed by atoms with E-state index in [4.69, 9.17) is 54.9 Å². The minimum absolute atomic E-state index is 0.0230. The normalized spacial score (nSPS) is 13.2. The summed E-state index contributed by atoms with van der Waals surface area (Å²) >= 11 is 7.19. The Kier molecular flexibility index (Phi) is 27.6. The summed E-state index contributed by atoms with van der Waals surface area (Å²) in [6.07, 6.45) is -2.91. The minimum Gasteiger partial charge on any atom is -0.490 e. The number of benzene rings is 2. The van der Waals surface area contributed by atoms with E-state index in [1.54, 1.807) is 119 Å². The lowest BCUT2D eigenvalue weighted by Gasteiger charge is -2.25. The molecule has 494 valence electrons. The van der Waals surface area contributed by atoms with Gasteiger partial charge in [-0.15, -0.1) is 0 Å². The molecule has 0 bridgehead atoms. The van der Waals surface area contributed by atoms with Gasteiger partial charge in [-0.05, 0) is 165 Å². The number of carbonyl (C=O) groups is 8. The van der Waals surface area contributed by atoms with Gasteiger partial charge in [-0.1, -0.05) is 35.5 Å². The van der Waals surface area contributed by atoms with Crippen molar-refractivity contribution >= 4 is 77.3 Å². The van der Waals surface area contributed by atoms with Crippen LogP contribution in [0.3, 0.4) is 0 Å². The number of aromatic nitrogens is 2. The predicted molar refractivity (Wildman–Crippen MR) is 335 cm³/mol. The van der Waals surface area contributed by atoms with Crippen LogP contribution in [0.5, 0.6) is 5.75 Å². The molecule has 2 aromatic carbocycles. The van der Waals surface area contributed by atoms with Gasteiger partial charge in [0.05, 0.1) is 11.3 Å². The summed E-state index contributed by atoms with van der Waals surface area (Å²) in [5.41, 5.74) is 4.69. The molecule has 5 unspecified atom stereocenters. The van der Waals surface area contributed by atoms with Crippen LogP contribution in [0.1, 0.15) is 139 Å². The van der Waals surface area contributed by atoms with Gasteiger partial charge in [0.1, 0.15) is 100 Å². The second kappa shape index (κ2) is 33.7. The SMILES string of the molecule is CC(NC(=O)C(CCCNC(=O)OC(C)(C)C)NC(=O)OC(C)(C)C)C(=O)OCC(COc1ccc(-c2c(C#N)c(N)nc(SCc3coc(-c4ccc(Cl)cc4)n3)c2C#N)cc1)OC(=O)C(C)NC(=O)C(CCCNC(=O)OC(C)(C)C)NC(=O)OC(C)(C)C. The number of hydrogen-bond donors (Lipinski definition) is 7. The van der Waals surface area contributed by atoms with E-state index < -0.39 is 114 Å². The van der Waals surface area contributed by atoms with E-state index in [9.17, 15) is 48.9 Å². The number of amides is 6. The zero-order valence-electron chi connectivity index (χ0n) is 53.6. The van der Waals surface area contributed by atoms with Gasteiger partial charge in [-0.25, -0.2) is 38.7 Å². The van der Waals surface area contributed by atoms with Crippen LogP contribution in [0, 0.1) is 22.7 Å². The minimum atomic E-state index is -1.42. The largest absolute Gasteiger partial charge is 0.490 e. The molecule has 2 heterocycles. The van der Waals surface area contributed by atoms with Gasteiger partial charge in [0, 0.05) is 35.0 Å². The standard InChI is InChI=1S/C62H82ClN11O16S/c1-35(69-49(75)45(72-57(81)89-61(9,10)11)17-15-27-67-55(79)87-59(3,4)5)53(77)85-33-42(86-54(78)36(2)70-50(76)46(73-58(82)90-62(12,13)14)18-16-28-68-56(80)88-60(6,7)8)32-83-41-25-21-37(22-26-41)47-43(29-64)48(66)74-52(44(47)30-65)91-34-40-31-84-51(71-40)38-19-23-39(63)24-20-38/h19-26,31,35-36,42,45-46H,15-18,27-28,32-34H2,1-14H3,(H2,66,74)(H,67,79)(H,68,80)(H,69,75)(H,70,76)(H,72,81)(H,73,82). The summed E-state index contributed by atoms with van der Waals surface area (Å²) in [5.74, 6) is -3.10. The molecule has 0 saturated heterocycles. The number of thioether (sulfide) groups is 1. The Balaban J connectivity index is 1.57. The van der Waals surface area contributed by atoms with Gasteiger partial charge < -0.3 is 75.2 Å². The van der Waals surface area contributed by atoms with Crippen molar-refractivity contribution in [2.24, 2.45) is 0 Å². The van der Waals surface area contributed by atoms with E-state index in [1.807, 2.05) is 6.07 Å². The highest BCUT2D eigenvalue weighted by molar-refractivity contribution is 7.98. The zero-order chi connectivity index (χ0) is 68.0. The smallest absolute Gasteiger partial charge is 0.408 e. The number of nitrogens with zero attached hydrogens (tertiary/aromatic N) is 4. The summed E-state index contributed by atoms with van der Waals surface area (Å²) in [7, 11) is 0. The number of ether oxygens (including phenoxy) is 7. The Labute approximate surface area is 538 Å². The number of nitrogens with two attached hydrogens (primary N) is 1. The van der Waals surface area contributed by atoms with Gasteiger partial charge in [0.15, 0.2) is 6.10 Å². The number of esters is 2. The molecular weight excluding hydrogens is 1220 g/mol. The molecule has 29 heteroatoms. The number of anilines is 1. The predicted octanol–water partition coefficient (Wildman–Crippen LogP) is 8.91. The monoisotopic (exact) mass is 1300 g/mol. The number of oxazole rings is 1. The number of nitrogen functional groups attached to an aromatic ring is 1. The molecule has 6 amide bonds. The molecular formula is C62H82ClN11O16S. The number of nitriles is 2. The summed E-state index contributed by atoms with van der Waals surface area (Å²) < 4.78 is 44.4. The number of pyridine rings is 1. The lowest BCUT2D eigenvalue weighted by atomic mass is 9.97. The summed E-state index contributed by atoms with van der Waals surface area (Å²) in [6.45, 7) is 21.5. The third kappa shape index (κ3) is 26.9. The number of hydrogen-bond acceptors (Lipinski definition) is 22. The van der Waals surface area contributed by atoms with Crippen LogP contribution in [-0.4, -0.2) is 137 Å². The highest BCUT2D eigenvalue weighted by Gasteiger charge is 2.32. The Morgan fingerprint density at radius 2 is 1.08 bits per heavy atom. The maximum Gasteiger partial charge on any atom is 0.408 e. The van der Waals surface area contributed by atoms with E-state index in [1.165, 1.54) is 32.2 Å². The molecule has 8 N–H and O–H groups in total. The molecule has 5 atom stereocenters. The van der Waals surface area contributed by atoms with E-state index in [2.05, 4.69) is 47.9 Å². The van der Waals surface area contributed by atoms with Crippen LogP contribution in [-0.2, 0) is 53.4 Å². The van der Waals surface area contributed by atoms with Gasteiger partial charge in [-0.2, -0.15) is 10.5 Å². The van der Waals surface area contributed by atoms with Gasteiger partial charge in [0.25, 0.3) is 0 Å². The first-order chi connectivity index (χ1) is 42.4. The molecule has 0 fully saturated rings. The molecule has 4 aromatic rings. The van der Waals surface area contributed by atoms with Crippen LogP contribution in [0.15, 0.2) is 64.2 Å². The maximum atomic E-state index is 13.9. The lowest BCUT2D eigenvalue weighted by molar-refractivity contribution is -0.163. The zero-order valence-corrected chi connectivity index (χ0v) is 55.2. The number of carbonyl (C=O) groups excluding carboxylic acids is 8. The van der Waals surface area contributed by atoms with Crippen LogP contribution >= 0.6 is 23.4 Å². The van der Waals surface area contributed by atoms with Crippen molar-refractivity contribution in [3.8, 4) is 40.5 Å². The maximum absolute atomic E-state index is 13.9. The van der Waals surface area contributed by atoms with Crippen LogP contribution in [0.25, 0.3) is 22.6 Å². The van der Waals surface area contributed by atoms with Gasteiger partial charge >= 0.3 is 36.3 Å². The van der Waals surface area contributed by atoms with Crippen molar-refractivity contribution in [3.05, 3.63) is 76.6 Å². The van der Waals surface area contributed by atoms with Crippen LogP contribution < -0.4 is 42.4 Å². The fraction of sp³-hybridized carbons (Fsp3) is 0.516. The number of alkyl carbamates (subject to hydrolysis) is 4. The first-order valence-corrected chi connectivity index (χ1v) is 30.4. The van der Waals surface area contributed by atoms with Crippen LogP contribution in [0.4, 0.5) is 25.0 Å². The number of rotatable bonds is 27. The van der Waals surface area contributed by atoms with Crippen molar-refractivity contribution in [3.63, 3.8) is 0 Å². The van der Waals surface area contributed by atoms with Crippen LogP contribution in [0.2, 0.25) is 5.02 Å². The molecule has 0 aliphatic carbocycles. The van der Waals surface area contributed by atoms with Crippen molar-refractivity contribution in [2.45, 2.75) is 186 Å². The van der Waals surface area contributed by atoms with E-state index in [0.717, 1.165) is 11.8 Å². The molecule has 0 saturated carbocycles. The van der Waals surface area contributed by atoms with E-state index >= 15 is 0 Å². The lowest BCUT2D eigenvalue weighted by Crippen LogP contribution is -2.52. The first kappa shape index (κ1) is 74.4. The Morgan fingerprint density at radius 3 is 1.55 bits per heavy atom. The van der Waals surface area contributed by atoms with Crippen molar-refractivity contribution in [1.82, 2.24) is 41.9 Å². The summed E-state index contributed by atoms with van der Waals surface area (Å²) in [4.78, 5) is 114. The molecule has 0 aliphatic rings. The molecule has 27 nitrogen and oxygen atoms in total. The highest BCUT2D eigenvalue weighted by Crippen LogP contribution is 2.37. The second-order valence-electron chi connectivity index (χ2n) is 24.6. The average Bonchev–Trinajstić information content (AvgIpc) is 0.972. The molecule has 4 rings (SSSR count). The Bertz CT molecular complexity index is 3270. The van der Waals surface area contributed by atoms with Crippen molar-refractivity contribution < 1.29 is 75.9 Å². The van der Waals surface area contributed by atoms with Crippen molar-refractivity contribution in [2.75, 3.05) is 32.0 Å². The Morgan fingerprint density at radius 1 is 0.615 bits per heavy atom. The van der Waals surface area contributed by atoms with Gasteiger partial charge in [-0.3, -0.25) is 9.59 Å². The molecule has 0 aliphatic heterocycles. The third-order valence-corrected chi connectivity index (χ3v) is 13.1. The first-order valence-electron chi connectivity index (χ1n) is 29.0. The average molecular weight is 1300 g/mol. The molecule has 2 aromatic heterocycles.